The van der Waals surface area contributed by atoms with E-state index in [9.17, 15) is 0 Å². The van der Waals surface area contributed by atoms with Gasteiger partial charge in [-0.2, -0.15) is 0 Å². The second kappa shape index (κ2) is 11.8. The number of hydrogen-bond donors (Lipinski definition) is 0. The van der Waals surface area contributed by atoms with Gasteiger partial charge in [0.05, 0.1) is 11.1 Å². The van der Waals surface area contributed by atoms with E-state index in [0.29, 0.717) is 17.2 Å². The summed E-state index contributed by atoms with van der Waals surface area (Å²) in [6.07, 6.45) is 0. The quantitative estimate of drug-likeness (QED) is 0.181. The molecule has 0 aromatic heterocycles. The van der Waals surface area contributed by atoms with Crippen LogP contribution < -0.4 is 14.4 Å². The highest BCUT2D eigenvalue weighted by Gasteiger charge is 2.53. The molecule has 9 aromatic carbocycles. The minimum absolute atomic E-state index is 0.462. The summed E-state index contributed by atoms with van der Waals surface area (Å²) in [6.45, 7) is 0. The van der Waals surface area contributed by atoms with E-state index < -0.39 is 5.41 Å². The van der Waals surface area contributed by atoms with E-state index in [1.165, 1.54) is 49.7 Å². The van der Waals surface area contributed by atoms with Gasteiger partial charge in [-0.3, -0.25) is 0 Å². The van der Waals surface area contributed by atoms with Gasteiger partial charge in [-0.25, -0.2) is 0 Å². The van der Waals surface area contributed by atoms with Gasteiger partial charge in [0.15, 0.2) is 23.0 Å². The molecule has 12 rings (SSSR count). The standard InChI is InChI=1S/C53H33NO2/c1-2-14-34(15-3-1)37-18-12-19-38(32-37)54(39-29-28-35-16-4-5-17-36(35)33-39)47-26-13-27-48-51(47)55-49-31-30-46-50(52(49)56-48)42-22-8-11-25-45(42)53(46)43-23-9-6-20-40(43)41-21-7-10-24-44(41)53/h1-33H. The van der Waals surface area contributed by atoms with Gasteiger partial charge >= 0.3 is 0 Å². The van der Waals surface area contributed by atoms with Gasteiger partial charge in [-0.1, -0.05) is 158 Å². The third kappa shape index (κ3) is 4.28. The number of nitrogens with zero attached hydrogens (tertiary/aromatic N) is 1. The summed E-state index contributed by atoms with van der Waals surface area (Å²) in [5.74, 6) is 2.81. The van der Waals surface area contributed by atoms with Crippen LogP contribution in [0.5, 0.6) is 23.0 Å². The van der Waals surface area contributed by atoms with E-state index in [1.54, 1.807) is 0 Å². The van der Waals surface area contributed by atoms with Crippen LogP contribution in [0.1, 0.15) is 22.3 Å². The first kappa shape index (κ1) is 31.0. The lowest BCUT2D eigenvalue weighted by Gasteiger charge is -2.32. The zero-order valence-corrected chi connectivity index (χ0v) is 30.3. The molecular formula is C53H33NO2. The highest BCUT2D eigenvalue weighted by atomic mass is 16.6. The maximum Gasteiger partial charge on any atom is 0.194 e. The monoisotopic (exact) mass is 715 g/mol. The van der Waals surface area contributed by atoms with E-state index in [0.717, 1.165) is 39.5 Å². The summed E-state index contributed by atoms with van der Waals surface area (Å²) in [6, 6.07) is 71.6. The Bertz CT molecular complexity index is 3010. The van der Waals surface area contributed by atoms with E-state index in [-0.39, 0.29) is 0 Å². The zero-order chi connectivity index (χ0) is 36.8. The number of rotatable bonds is 4. The molecule has 0 saturated heterocycles. The number of anilines is 3. The van der Waals surface area contributed by atoms with Gasteiger partial charge in [0.25, 0.3) is 0 Å². The molecule has 0 N–H and O–H groups in total. The van der Waals surface area contributed by atoms with Crippen molar-refractivity contribution in [3.05, 3.63) is 222 Å². The number of fused-ring (bicyclic) bond motifs is 14. The summed E-state index contributed by atoms with van der Waals surface area (Å²) < 4.78 is 14.2. The van der Waals surface area contributed by atoms with Crippen molar-refractivity contribution in [1.82, 2.24) is 0 Å². The fourth-order valence-corrected chi connectivity index (χ4v) is 9.60. The van der Waals surface area contributed by atoms with Crippen LogP contribution in [-0.2, 0) is 5.41 Å². The molecule has 3 heteroatoms. The number of para-hydroxylation sites is 1. The molecule has 0 unspecified atom stereocenters. The molecule has 9 aromatic rings. The van der Waals surface area contributed by atoms with Crippen LogP contribution in [0.15, 0.2) is 200 Å². The second-order valence-corrected chi connectivity index (χ2v) is 14.8. The summed E-state index contributed by atoms with van der Waals surface area (Å²) in [5, 5.41) is 2.36. The van der Waals surface area contributed by atoms with E-state index >= 15 is 0 Å². The molecule has 1 spiro atoms. The Morgan fingerprint density at radius 2 is 0.946 bits per heavy atom. The highest BCUT2D eigenvalue weighted by molar-refractivity contribution is 5.98. The molecule has 0 fully saturated rings. The minimum atomic E-state index is -0.462. The third-order valence-corrected chi connectivity index (χ3v) is 11.9. The van der Waals surface area contributed by atoms with E-state index in [4.69, 9.17) is 9.47 Å². The van der Waals surface area contributed by atoms with Gasteiger partial charge in [0.2, 0.25) is 0 Å². The smallest absolute Gasteiger partial charge is 0.194 e. The largest absolute Gasteiger partial charge is 0.449 e. The molecule has 0 atom stereocenters. The Morgan fingerprint density at radius 3 is 1.73 bits per heavy atom. The number of benzene rings is 9. The fraction of sp³-hybridized carbons (Fsp3) is 0.0189. The van der Waals surface area contributed by atoms with Crippen molar-refractivity contribution < 1.29 is 9.47 Å². The van der Waals surface area contributed by atoms with Crippen LogP contribution in [-0.4, -0.2) is 0 Å². The Hall–Kier alpha value is -7.36. The van der Waals surface area contributed by atoms with Crippen LogP contribution in [0.4, 0.5) is 17.1 Å². The molecule has 56 heavy (non-hydrogen) atoms. The molecular weight excluding hydrogens is 683 g/mol. The normalized spacial score (nSPS) is 13.4. The van der Waals surface area contributed by atoms with Gasteiger partial charge in [0.1, 0.15) is 0 Å². The van der Waals surface area contributed by atoms with Crippen molar-refractivity contribution in [1.29, 1.82) is 0 Å². The second-order valence-electron chi connectivity index (χ2n) is 14.8. The molecule has 1 aliphatic heterocycles. The van der Waals surface area contributed by atoms with Gasteiger partial charge in [-0.15, -0.1) is 0 Å². The first-order valence-electron chi connectivity index (χ1n) is 19.2. The highest BCUT2D eigenvalue weighted by Crippen LogP contribution is 2.66. The summed E-state index contributed by atoms with van der Waals surface area (Å²) in [5.41, 5.74) is 14.7. The molecule has 0 radical (unpaired) electrons. The van der Waals surface area contributed by atoms with Crippen molar-refractivity contribution in [3.63, 3.8) is 0 Å². The van der Waals surface area contributed by atoms with Crippen molar-refractivity contribution >= 4 is 27.8 Å². The molecule has 2 aliphatic carbocycles. The fourth-order valence-electron chi connectivity index (χ4n) is 9.60. The van der Waals surface area contributed by atoms with Crippen molar-refractivity contribution in [2.75, 3.05) is 4.90 Å². The minimum Gasteiger partial charge on any atom is -0.449 e. The van der Waals surface area contributed by atoms with Crippen LogP contribution in [0, 0.1) is 0 Å². The molecule has 0 amide bonds. The Labute approximate surface area is 325 Å². The van der Waals surface area contributed by atoms with Crippen LogP contribution in [0.25, 0.3) is 44.2 Å². The maximum atomic E-state index is 7.13. The number of hydrogen-bond acceptors (Lipinski definition) is 3. The van der Waals surface area contributed by atoms with Crippen molar-refractivity contribution in [2.24, 2.45) is 0 Å². The van der Waals surface area contributed by atoms with Crippen LogP contribution in [0.3, 0.4) is 0 Å². The predicted octanol–water partition coefficient (Wildman–Crippen LogP) is 14.2. The topological polar surface area (TPSA) is 21.7 Å². The summed E-state index contributed by atoms with van der Waals surface area (Å²) >= 11 is 0. The van der Waals surface area contributed by atoms with Crippen LogP contribution in [0.2, 0.25) is 0 Å². The lowest BCUT2D eigenvalue weighted by molar-refractivity contribution is 0.361. The molecule has 3 nitrogen and oxygen atoms in total. The zero-order valence-electron chi connectivity index (χ0n) is 30.3. The predicted molar refractivity (Wildman–Crippen MR) is 227 cm³/mol. The Balaban J connectivity index is 1.04. The average molecular weight is 716 g/mol. The van der Waals surface area contributed by atoms with Gasteiger partial charge in [0, 0.05) is 16.9 Å². The summed E-state index contributed by atoms with van der Waals surface area (Å²) in [4.78, 5) is 2.29. The molecule has 1 heterocycles. The lowest BCUT2D eigenvalue weighted by Crippen LogP contribution is -2.25. The van der Waals surface area contributed by atoms with Crippen LogP contribution >= 0.6 is 0 Å². The number of ether oxygens (including phenoxy) is 2. The van der Waals surface area contributed by atoms with Crippen molar-refractivity contribution in [3.8, 4) is 56.4 Å². The third-order valence-electron chi connectivity index (χ3n) is 11.9. The van der Waals surface area contributed by atoms with E-state index in [1.807, 2.05) is 6.07 Å². The molecule has 3 aliphatic rings. The molecule has 0 saturated carbocycles. The molecule has 262 valence electrons. The van der Waals surface area contributed by atoms with Gasteiger partial charge in [-0.05, 0) is 103 Å². The van der Waals surface area contributed by atoms with E-state index in [2.05, 4.69) is 199 Å². The summed E-state index contributed by atoms with van der Waals surface area (Å²) in [7, 11) is 0. The Morgan fingerprint density at radius 1 is 0.357 bits per heavy atom. The molecule has 0 bridgehead atoms. The lowest BCUT2D eigenvalue weighted by atomic mass is 9.70. The maximum absolute atomic E-state index is 7.13. The first-order chi connectivity index (χ1) is 27.8. The SMILES string of the molecule is c1ccc(-c2cccc(N(c3ccc4ccccc4c3)c3cccc4c3Oc3ccc5c(c3O4)-c3ccccc3C53c4ccccc4-c4ccccc43)c2)cc1. The first-order valence-corrected chi connectivity index (χ1v) is 19.2. The van der Waals surface area contributed by atoms with Crippen molar-refractivity contribution in [2.45, 2.75) is 5.41 Å². The Kier molecular flexibility index (Phi) is 6.55. The van der Waals surface area contributed by atoms with Gasteiger partial charge < -0.3 is 14.4 Å². The average Bonchev–Trinajstić information content (AvgIpc) is 3.74.